The van der Waals surface area contributed by atoms with Gasteiger partial charge in [-0.3, -0.25) is 9.59 Å². The topological polar surface area (TPSA) is 67.2 Å². The molecular weight excluding hydrogens is 397 g/mol. The second-order valence-corrected chi connectivity index (χ2v) is 7.05. The number of hydrogen-bond donors (Lipinski definition) is 1. The van der Waals surface area contributed by atoms with E-state index in [4.69, 9.17) is 0 Å². The molecular formula is C21H21F3N4O2. The van der Waals surface area contributed by atoms with E-state index in [1.807, 2.05) is 19.9 Å². The van der Waals surface area contributed by atoms with Crippen molar-refractivity contribution >= 4 is 28.5 Å². The Balaban J connectivity index is 1.74. The fraction of sp³-hybridized carbons (Fsp3) is 0.286. The predicted molar refractivity (Wildman–Crippen MR) is 107 cm³/mol. The molecule has 0 saturated carbocycles. The normalized spacial score (nSPS) is 11.5. The van der Waals surface area contributed by atoms with Crippen LogP contribution in [0, 0.1) is 13.8 Å². The molecule has 1 aromatic heterocycles. The van der Waals surface area contributed by atoms with Crippen LogP contribution >= 0.6 is 0 Å². The lowest BCUT2D eigenvalue weighted by Gasteiger charge is -2.19. The number of halogens is 3. The quantitative estimate of drug-likeness (QED) is 0.686. The summed E-state index contributed by atoms with van der Waals surface area (Å²) >= 11 is 0. The monoisotopic (exact) mass is 418 g/mol. The highest BCUT2D eigenvalue weighted by molar-refractivity contribution is 5.95. The number of amides is 2. The fourth-order valence-corrected chi connectivity index (χ4v) is 3.09. The summed E-state index contributed by atoms with van der Waals surface area (Å²) in [6.07, 6.45) is -4.71. The maximum absolute atomic E-state index is 13.4. The molecule has 0 aliphatic rings. The molecule has 0 bridgehead atoms. The number of carbonyl (C=O) groups is 2. The van der Waals surface area contributed by atoms with E-state index in [0.29, 0.717) is 5.69 Å². The Kier molecular flexibility index (Phi) is 5.82. The minimum atomic E-state index is -4.71. The van der Waals surface area contributed by atoms with Crippen molar-refractivity contribution in [1.29, 1.82) is 0 Å². The van der Waals surface area contributed by atoms with Crippen LogP contribution in [0.25, 0.3) is 11.0 Å². The first kappa shape index (κ1) is 21.4. The molecule has 2 aromatic carbocycles. The second-order valence-electron chi connectivity index (χ2n) is 7.05. The number of fused-ring (bicyclic) bond motifs is 1. The van der Waals surface area contributed by atoms with Gasteiger partial charge in [-0.05, 0) is 43.2 Å². The Morgan fingerprint density at radius 2 is 1.80 bits per heavy atom. The van der Waals surface area contributed by atoms with Crippen molar-refractivity contribution in [2.75, 3.05) is 18.9 Å². The van der Waals surface area contributed by atoms with Crippen LogP contribution in [0.3, 0.4) is 0 Å². The molecule has 1 heterocycles. The second kappa shape index (κ2) is 8.17. The number of anilines is 1. The third kappa shape index (κ3) is 4.45. The zero-order valence-corrected chi connectivity index (χ0v) is 16.7. The number of nitrogens with one attached hydrogen (secondary N) is 1. The first-order chi connectivity index (χ1) is 14.1. The number of likely N-dealkylation sites (N-methyl/N-ethyl adjacent to an activating group) is 1. The molecule has 3 aromatic rings. The highest BCUT2D eigenvalue weighted by Crippen LogP contribution is 2.31. The fourth-order valence-electron chi connectivity index (χ4n) is 3.09. The van der Waals surface area contributed by atoms with Gasteiger partial charge in [-0.2, -0.15) is 13.2 Å². The number of aromatic nitrogens is 2. The van der Waals surface area contributed by atoms with Crippen molar-refractivity contribution in [1.82, 2.24) is 14.5 Å². The average Bonchev–Trinajstić information content (AvgIpc) is 3.04. The molecule has 0 atom stereocenters. The number of carbonyl (C=O) groups excluding carboxylic acids is 2. The van der Waals surface area contributed by atoms with Crippen molar-refractivity contribution < 1.29 is 22.8 Å². The van der Waals surface area contributed by atoms with Crippen molar-refractivity contribution in [3.8, 4) is 0 Å². The zero-order chi connectivity index (χ0) is 22.1. The maximum Gasteiger partial charge on any atom is 0.449 e. The standard InChI is InChI=1S/C21H21F3N4O2/c1-13-7-6-9-15(14(13)2)25-18(29)11-27(3)19(30)12-28-17-10-5-4-8-16(17)26-20(28)21(22,23)24/h4-10H,11-12H2,1-3H3,(H,25,29). The minimum Gasteiger partial charge on any atom is -0.335 e. The van der Waals surface area contributed by atoms with E-state index in [2.05, 4.69) is 10.3 Å². The van der Waals surface area contributed by atoms with Crippen LogP contribution in [-0.2, 0) is 22.3 Å². The van der Waals surface area contributed by atoms with Gasteiger partial charge in [-0.15, -0.1) is 0 Å². The molecule has 2 amide bonds. The smallest absolute Gasteiger partial charge is 0.335 e. The Hall–Kier alpha value is -3.36. The molecule has 0 saturated heterocycles. The van der Waals surface area contributed by atoms with Crippen LogP contribution in [0.15, 0.2) is 42.5 Å². The van der Waals surface area contributed by atoms with Gasteiger partial charge in [0.2, 0.25) is 17.6 Å². The van der Waals surface area contributed by atoms with E-state index in [-0.39, 0.29) is 17.6 Å². The van der Waals surface area contributed by atoms with E-state index in [1.165, 1.54) is 19.2 Å². The van der Waals surface area contributed by atoms with Gasteiger partial charge < -0.3 is 14.8 Å². The summed E-state index contributed by atoms with van der Waals surface area (Å²) < 4.78 is 41.0. The lowest BCUT2D eigenvalue weighted by molar-refractivity contribution is -0.148. The predicted octanol–water partition coefficient (Wildman–Crippen LogP) is 3.77. The molecule has 0 fully saturated rings. The third-order valence-corrected chi connectivity index (χ3v) is 4.89. The Bertz CT molecular complexity index is 1110. The van der Waals surface area contributed by atoms with E-state index >= 15 is 0 Å². The van der Waals surface area contributed by atoms with Gasteiger partial charge in [0, 0.05) is 12.7 Å². The Morgan fingerprint density at radius 1 is 1.10 bits per heavy atom. The minimum absolute atomic E-state index is 0.146. The van der Waals surface area contributed by atoms with Gasteiger partial charge in [0.1, 0.15) is 6.54 Å². The Labute approximate surface area is 171 Å². The number of aryl methyl sites for hydroxylation is 1. The molecule has 0 aliphatic heterocycles. The molecule has 30 heavy (non-hydrogen) atoms. The lowest BCUT2D eigenvalue weighted by Crippen LogP contribution is -2.37. The van der Waals surface area contributed by atoms with Crippen LogP contribution in [-0.4, -0.2) is 39.9 Å². The van der Waals surface area contributed by atoms with E-state index in [1.54, 1.807) is 24.3 Å². The van der Waals surface area contributed by atoms with Crippen LogP contribution in [0.5, 0.6) is 0 Å². The maximum atomic E-state index is 13.4. The first-order valence-electron chi connectivity index (χ1n) is 9.20. The number of imidazole rings is 1. The number of alkyl halides is 3. The summed E-state index contributed by atoms with van der Waals surface area (Å²) in [6, 6.07) is 11.5. The van der Waals surface area contributed by atoms with Crippen LogP contribution in [0.2, 0.25) is 0 Å². The highest BCUT2D eigenvalue weighted by Gasteiger charge is 2.38. The van der Waals surface area contributed by atoms with Gasteiger partial charge in [-0.25, -0.2) is 4.98 Å². The van der Waals surface area contributed by atoms with Gasteiger partial charge in [0.15, 0.2) is 0 Å². The van der Waals surface area contributed by atoms with Crippen molar-refractivity contribution in [3.05, 3.63) is 59.4 Å². The van der Waals surface area contributed by atoms with E-state index < -0.39 is 30.4 Å². The molecule has 0 aliphatic carbocycles. The summed E-state index contributed by atoms with van der Waals surface area (Å²) in [6.45, 7) is 2.90. The SMILES string of the molecule is Cc1cccc(NC(=O)CN(C)C(=O)Cn2c(C(F)(F)F)nc3ccccc32)c1C. The van der Waals surface area contributed by atoms with Crippen molar-refractivity contribution in [2.24, 2.45) is 0 Å². The lowest BCUT2D eigenvalue weighted by atomic mass is 10.1. The largest absolute Gasteiger partial charge is 0.449 e. The molecule has 6 nitrogen and oxygen atoms in total. The van der Waals surface area contributed by atoms with Crippen LogP contribution in [0.1, 0.15) is 17.0 Å². The molecule has 3 rings (SSSR count). The van der Waals surface area contributed by atoms with Gasteiger partial charge >= 0.3 is 6.18 Å². The number of benzene rings is 2. The molecule has 0 radical (unpaired) electrons. The number of para-hydroxylation sites is 2. The Morgan fingerprint density at radius 3 is 2.50 bits per heavy atom. The van der Waals surface area contributed by atoms with Crippen LogP contribution in [0.4, 0.5) is 18.9 Å². The summed E-state index contributed by atoms with van der Waals surface area (Å²) in [5.41, 5.74) is 2.88. The number of rotatable bonds is 5. The highest BCUT2D eigenvalue weighted by atomic mass is 19.4. The van der Waals surface area contributed by atoms with Crippen LogP contribution < -0.4 is 5.32 Å². The third-order valence-electron chi connectivity index (χ3n) is 4.89. The summed E-state index contributed by atoms with van der Waals surface area (Å²) in [7, 11) is 1.37. The number of hydrogen-bond acceptors (Lipinski definition) is 3. The van der Waals surface area contributed by atoms with E-state index in [0.717, 1.165) is 20.6 Å². The summed E-state index contributed by atoms with van der Waals surface area (Å²) in [5.74, 6) is -2.23. The first-order valence-corrected chi connectivity index (χ1v) is 9.20. The van der Waals surface area contributed by atoms with Crippen molar-refractivity contribution in [2.45, 2.75) is 26.6 Å². The molecule has 0 unspecified atom stereocenters. The molecule has 9 heteroatoms. The molecule has 0 spiro atoms. The summed E-state index contributed by atoms with van der Waals surface area (Å²) in [4.78, 5) is 29.6. The molecule has 158 valence electrons. The van der Waals surface area contributed by atoms with E-state index in [9.17, 15) is 22.8 Å². The van der Waals surface area contributed by atoms with Gasteiger partial charge in [0.25, 0.3) is 0 Å². The average molecular weight is 418 g/mol. The molecule has 1 N–H and O–H groups in total. The van der Waals surface area contributed by atoms with Gasteiger partial charge in [0.05, 0.1) is 17.6 Å². The zero-order valence-electron chi connectivity index (χ0n) is 16.7. The van der Waals surface area contributed by atoms with Gasteiger partial charge in [-0.1, -0.05) is 24.3 Å². The number of nitrogens with zero attached hydrogens (tertiary/aromatic N) is 3. The van der Waals surface area contributed by atoms with Crippen molar-refractivity contribution in [3.63, 3.8) is 0 Å². The summed E-state index contributed by atoms with van der Waals surface area (Å²) in [5, 5.41) is 2.73.